The maximum atomic E-state index is 13.2. The first-order chi connectivity index (χ1) is 8.65. The van der Waals surface area contributed by atoms with Crippen LogP contribution in [0.1, 0.15) is 0 Å². The van der Waals surface area contributed by atoms with Crippen molar-refractivity contribution in [1.82, 2.24) is 0 Å². The summed E-state index contributed by atoms with van der Waals surface area (Å²) in [5, 5.41) is 10.6. The lowest BCUT2D eigenvalue weighted by molar-refractivity contribution is 0.468. The van der Waals surface area contributed by atoms with Crippen molar-refractivity contribution in [1.29, 1.82) is 0 Å². The second-order valence-electron chi connectivity index (χ2n) is 3.93. The first-order valence-corrected chi connectivity index (χ1v) is 5.70. The summed E-state index contributed by atoms with van der Waals surface area (Å²) in [6.07, 6.45) is 0. The summed E-state index contributed by atoms with van der Waals surface area (Å²) in [5.74, 6) is -0.402. The molecular weight excluding hydrogens is 255 g/mol. The lowest BCUT2D eigenvalue weighted by atomic mass is 10.1. The molecule has 0 aliphatic rings. The summed E-state index contributed by atoms with van der Waals surface area (Å²) in [6.45, 7) is 0. The zero-order valence-electron chi connectivity index (χ0n) is 9.15. The van der Waals surface area contributed by atoms with Gasteiger partial charge in [-0.3, -0.25) is 0 Å². The Balaban J connectivity index is 2.22. The van der Waals surface area contributed by atoms with Crippen LogP contribution in [0.2, 0.25) is 5.02 Å². The average molecular weight is 263 g/mol. The third-order valence-electron chi connectivity index (χ3n) is 2.73. The monoisotopic (exact) mass is 262 g/mol. The molecule has 0 atom stereocenters. The average Bonchev–Trinajstić information content (AvgIpc) is 2.77. The van der Waals surface area contributed by atoms with Crippen LogP contribution >= 0.6 is 11.6 Å². The highest BCUT2D eigenvalue weighted by atomic mass is 35.5. The summed E-state index contributed by atoms with van der Waals surface area (Å²) >= 11 is 5.71. The van der Waals surface area contributed by atoms with E-state index in [0.717, 1.165) is 11.5 Å². The zero-order chi connectivity index (χ0) is 12.7. The number of phenols is 1. The van der Waals surface area contributed by atoms with Gasteiger partial charge in [0.1, 0.15) is 22.9 Å². The molecule has 0 saturated heterocycles. The molecule has 4 heteroatoms. The molecule has 0 spiro atoms. The molecule has 0 aliphatic heterocycles. The second-order valence-corrected chi connectivity index (χ2v) is 4.34. The normalized spacial score (nSPS) is 11.0. The van der Waals surface area contributed by atoms with Crippen molar-refractivity contribution in [2.75, 3.05) is 0 Å². The van der Waals surface area contributed by atoms with E-state index in [4.69, 9.17) is 16.0 Å². The van der Waals surface area contributed by atoms with Crippen LogP contribution in [0.25, 0.3) is 22.3 Å². The summed E-state index contributed by atoms with van der Waals surface area (Å²) in [6, 6.07) is 11.6. The predicted molar refractivity (Wildman–Crippen MR) is 68.3 cm³/mol. The van der Waals surface area contributed by atoms with Crippen molar-refractivity contribution in [3.05, 3.63) is 53.3 Å². The fraction of sp³-hybridized carbons (Fsp3) is 0. The van der Waals surface area contributed by atoms with Gasteiger partial charge < -0.3 is 9.52 Å². The summed E-state index contributed by atoms with van der Waals surface area (Å²) in [5.41, 5.74) is 1.07. The SMILES string of the molecule is Oc1cc(F)c(Cl)cc1-c1cc2ccccc2o1. The van der Waals surface area contributed by atoms with Gasteiger partial charge in [0.15, 0.2) is 0 Å². The van der Waals surface area contributed by atoms with Crippen LogP contribution < -0.4 is 0 Å². The Morgan fingerprint density at radius 3 is 2.67 bits per heavy atom. The molecule has 0 amide bonds. The van der Waals surface area contributed by atoms with Crippen molar-refractivity contribution < 1.29 is 13.9 Å². The van der Waals surface area contributed by atoms with E-state index in [2.05, 4.69) is 0 Å². The van der Waals surface area contributed by atoms with E-state index in [1.807, 2.05) is 24.3 Å². The van der Waals surface area contributed by atoms with E-state index >= 15 is 0 Å². The maximum Gasteiger partial charge on any atom is 0.145 e. The van der Waals surface area contributed by atoms with Crippen LogP contribution in [0.3, 0.4) is 0 Å². The van der Waals surface area contributed by atoms with Gasteiger partial charge >= 0.3 is 0 Å². The first kappa shape index (κ1) is 11.1. The molecule has 2 nitrogen and oxygen atoms in total. The third-order valence-corrected chi connectivity index (χ3v) is 3.02. The minimum Gasteiger partial charge on any atom is -0.507 e. The smallest absolute Gasteiger partial charge is 0.145 e. The lowest BCUT2D eigenvalue weighted by Gasteiger charge is -2.02. The predicted octanol–water partition coefficient (Wildman–Crippen LogP) is 4.60. The van der Waals surface area contributed by atoms with Crippen LogP contribution in [-0.4, -0.2) is 5.11 Å². The largest absolute Gasteiger partial charge is 0.507 e. The Morgan fingerprint density at radius 1 is 1.11 bits per heavy atom. The van der Waals surface area contributed by atoms with Crippen molar-refractivity contribution >= 4 is 22.6 Å². The van der Waals surface area contributed by atoms with E-state index in [1.54, 1.807) is 6.07 Å². The van der Waals surface area contributed by atoms with Crippen molar-refractivity contribution in [2.24, 2.45) is 0 Å². The molecule has 1 aromatic heterocycles. The molecule has 90 valence electrons. The van der Waals surface area contributed by atoms with E-state index in [0.29, 0.717) is 16.9 Å². The molecule has 1 heterocycles. The van der Waals surface area contributed by atoms with Gasteiger partial charge in [0.2, 0.25) is 0 Å². The van der Waals surface area contributed by atoms with Gasteiger partial charge in [-0.2, -0.15) is 0 Å². The highest BCUT2D eigenvalue weighted by molar-refractivity contribution is 6.31. The summed E-state index contributed by atoms with van der Waals surface area (Å²) < 4.78 is 18.7. The van der Waals surface area contributed by atoms with E-state index in [9.17, 15) is 9.50 Å². The fourth-order valence-electron chi connectivity index (χ4n) is 1.85. The van der Waals surface area contributed by atoms with Crippen molar-refractivity contribution in [2.45, 2.75) is 0 Å². The van der Waals surface area contributed by atoms with Crippen LogP contribution in [-0.2, 0) is 0 Å². The van der Waals surface area contributed by atoms with Gasteiger partial charge in [-0.05, 0) is 18.2 Å². The number of para-hydroxylation sites is 1. The molecule has 0 aliphatic carbocycles. The van der Waals surface area contributed by atoms with Crippen molar-refractivity contribution in [3.63, 3.8) is 0 Å². The molecule has 18 heavy (non-hydrogen) atoms. The quantitative estimate of drug-likeness (QED) is 0.695. The number of benzene rings is 2. The number of aromatic hydroxyl groups is 1. The van der Waals surface area contributed by atoms with Crippen LogP contribution in [0.5, 0.6) is 5.75 Å². The third kappa shape index (κ3) is 1.73. The van der Waals surface area contributed by atoms with Crippen LogP contribution in [0.15, 0.2) is 46.9 Å². The van der Waals surface area contributed by atoms with E-state index in [1.165, 1.54) is 6.07 Å². The molecule has 2 aromatic carbocycles. The highest BCUT2D eigenvalue weighted by Gasteiger charge is 2.13. The number of phenolic OH excluding ortho intramolecular Hbond substituents is 1. The highest BCUT2D eigenvalue weighted by Crippen LogP contribution is 2.36. The topological polar surface area (TPSA) is 33.4 Å². The summed E-state index contributed by atoms with van der Waals surface area (Å²) in [4.78, 5) is 0. The molecule has 0 radical (unpaired) electrons. The minimum atomic E-state index is -0.658. The van der Waals surface area contributed by atoms with Gasteiger partial charge in [0.05, 0.1) is 10.6 Å². The number of hydrogen-bond donors (Lipinski definition) is 1. The van der Waals surface area contributed by atoms with Gasteiger partial charge in [-0.1, -0.05) is 29.8 Å². The van der Waals surface area contributed by atoms with Gasteiger partial charge in [-0.25, -0.2) is 4.39 Å². The van der Waals surface area contributed by atoms with Crippen molar-refractivity contribution in [3.8, 4) is 17.1 Å². The zero-order valence-corrected chi connectivity index (χ0v) is 9.91. The number of furan rings is 1. The van der Waals surface area contributed by atoms with E-state index < -0.39 is 5.82 Å². The Labute approximate surface area is 107 Å². The van der Waals surface area contributed by atoms with Gasteiger partial charge in [0, 0.05) is 11.5 Å². The van der Waals surface area contributed by atoms with E-state index in [-0.39, 0.29) is 10.8 Å². The Morgan fingerprint density at radius 2 is 1.89 bits per heavy atom. The number of halogens is 2. The van der Waals surface area contributed by atoms with Crippen LogP contribution in [0.4, 0.5) is 4.39 Å². The fourth-order valence-corrected chi connectivity index (χ4v) is 2.01. The second kappa shape index (κ2) is 4.03. The number of fused-ring (bicyclic) bond motifs is 1. The molecule has 0 saturated carbocycles. The number of rotatable bonds is 1. The van der Waals surface area contributed by atoms with Gasteiger partial charge in [-0.15, -0.1) is 0 Å². The maximum absolute atomic E-state index is 13.2. The minimum absolute atomic E-state index is 0.0525. The Kier molecular flexibility index (Phi) is 2.49. The molecule has 0 bridgehead atoms. The Bertz CT molecular complexity index is 701. The Hall–Kier alpha value is -2.00. The van der Waals surface area contributed by atoms with Crippen LogP contribution in [0, 0.1) is 5.82 Å². The molecule has 3 rings (SSSR count). The van der Waals surface area contributed by atoms with Gasteiger partial charge in [0.25, 0.3) is 0 Å². The molecule has 3 aromatic rings. The lowest BCUT2D eigenvalue weighted by Crippen LogP contribution is -1.81. The standard InChI is InChI=1S/C14H8ClFO2/c15-10-6-9(12(17)7-11(10)16)14-5-8-3-1-2-4-13(8)18-14/h1-7,17H. The molecule has 0 fully saturated rings. The molecule has 1 N–H and O–H groups in total. The number of hydrogen-bond acceptors (Lipinski definition) is 2. The molecular formula is C14H8ClFO2. The first-order valence-electron chi connectivity index (χ1n) is 5.32. The summed E-state index contributed by atoms with van der Waals surface area (Å²) in [7, 11) is 0. The molecule has 0 unspecified atom stereocenters.